The summed E-state index contributed by atoms with van der Waals surface area (Å²) in [4.78, 5) is 0. The van der Waals surface area contributed by atoms with Gasteiger partial charge >= 0.3 is 7.60 Å². The summed E-state index contributed by atoms with van der Waals surface area (Å²) in [5.74, 6) is 0. The van der Waals surface area contributed by atoms with Crippen molar-refractivity contribution in [2.45, 2.75) is 19.8 Å². The summed E-state index contributed by atoms with van der Waals surface area (Å²) >= 11 is 0. The first-order valence-electron chi connectivity index (χ1n) is 5.09. The summed E-state index contributed by atoms with van der Waals surface area (Å²) in [6, 6.07) is 9.04. The molecule has 1 rings (SSSR count). The summed E-state index contributed by atoms with van der Waals surface area (Å²) in [5.41, 5.74) is 0. The Morgan fingerprint density at radius 1 is 1.27 bits per heavy atom. The van der Waals surface area contributed by atoms with Gasteiger partial charge in [0.25, 0.3) is 0 Å². The van der Waals surface area contributed by atoms with E-state index in [9.17, 15) is 4.57 Å². The van der Waals surface area contributed by atoms with Gasteiger partial charge in [-0.25, -0.2) is 0 Å². The number of rotatable bonds is 6. The zero-order chi connectivity index (χ0) is 11.1. The normalized spacial score (nSPS) is 14.8. The lowest BCUT2D eigenvalue weighted by atomic mass is 10.4. The van der Waals surface area contributed by atoms with Gasteiger partial charge in [-0.3, -0.25) is 4.57 Å². The van der Waals surface area contributed by atoms with Crippen LogP contribution in [-0.2, 0) is 13.6 Å². The third-order valence-corrected chi connectivity index (χ3v) is 4.01. The maximum absolute atomic E-state index is 12.2. The summed E-state index contributed by atoms with van der Waals surface area (Å²) in [6.07, 6.45) is 1.90. The molecule has 84 valence electrons. The average Bonchev–Trinajstić information content (AvgIpc) is 2.30. The smallest absolute Gasteiger partial charge is 0.309 e. The van der Waals surface area contributed by atoms with Crippen molar-refractivity contribution < 1.29 is 13.6 Å². The zero-order valence-corrected chi connectivity index (χ0v) is 10.1. The number of hydrogen-bond donors (Lipinski definition) is 0. The van der Waals surface area contributed by atoms with Gasteiger partial charge in [0, 0.05) is 7.11 Å². The Morgan fingerprint density at radius 2 is 1.93 bits per heavy atom. The molecule has 0 aromatic heterocycles. The Balaban J connectivity index is 2.73. The maximum Gasteiger partial charge on any atom is 0.361 e. The molecule has 1 aromatic rings. The molecule has 0 spiro atoms. The van der Waals surface area contributed by atoms with Crippen molar-refractivity contribution in [1.82, 2.24) is 0 Å². The van der Waals surface area contributed by atoms with Gasteiger partial charge in [0.2, 0.25) is 0 Å². The fraction of sp³-hybridized carbons (Fsp3) is 0.455. The minimum absolute atomic E-state index is 0.469. The molecule has 3 nitrogen and oxygen atoms in total. The Hall–Kier alpha value is -0.630. The van der Waals surface area contributed by atoms with Crippen LogP contribution in [-0.4, -0.2) is 13.7 Å². The second-order valence-electron chi connectivity index (χ2n) is 3.20. The molecule has 0 saturated heterocycles. The highest BCUT2D eigenvalue weighted by atomic mass is 31.2. The van der Waals surface area contributed by atoms with E-state index in [0.717, 1.165) is 12.8 Å². The van der Waals surface area contributed by atoms with E-state index in [4.69, 9.17) is 9.05 Å². The van der Waals surface area contributed by atoms with E-state index in [1.54, 1.807) is 12.1 Å². The van der Waals surface area contributed by atoms with Gasteiger partial charge in [-0.15, -0.1) is 0 Å². The van der Waals surface area contributed by atoms with Crippen LogP contribution in [0.2, 0.25) is 0 Å². The van der Waals surface area contributed by atoms with Crippen LogP contribution in [0.3, 0.4) is 0 Å². The molecule has 1 atom stereocenters. The van der Waals surface area contributed by atoms with Crippen LogP contribution in [0.1, 0.15) is 19.8 Å². The fourth-order valence-corrected chi connectivity index (χ4v) is 2.54. The summed E-state index contributed by atoms with van der Waals surface area (Å²) in [5, 5.41) is 0.614. The van der Waals surface area contributed by atoms with Crippen LogP contribution >= 0.6 is 7.60 Å². The van der Waals surface area contributed by atoms with Crippen LogP contribution in [0.4, 0.5) is 0 Å². The van der Waals surface area contributed by atoms with Crippen LogP contribution in [0.15, 0.2) is 30.3 Å². The highest BCUT2D eigenvalue weighted by Gasteiger charge is 2.25. The number of unbranched alkanes of at least 4 members (excludes halogenated alkanes) is 1. The largest absolute Gasteiger partial charge is 0.361 e. The van der Waals surface area contributed by atoms with Crippen molar-refractivity contribution in [2.24, 2.45) is 0 Å². The van der Waals surface area contributed by atoms with Crippen LogP contribution in [0, 0.1) is 0 Å². The van der Waals surface area contributed by atoms with Crippen molar-refractivity contribution in [3.63, 3.8) is 0 Å². The zero-order valence-electron chi connectivity index (χ0n) is 9.18. The molecule has 0 aliphatic heterocycles. The predicted octanol–water partition coefficient (Wildman–Crippen LogP) is 2.97. The predicted molar refractivity (Wildman–Crippen MR) is 61.6 cm³/mol. The molecule has 0 saturated carbocycles. The van der Waals surface area contributed by atoms with Gasteiger partial charge in [-0.2, -0.15) is 0 Å². The lowest BCUT2D eigenvalue weighted by Crippen LogP contribution is -2.09. The number of benzene rings is 1. The van der Waals surface area contributed by atoms with Crippen molar-refractivity contribution >= 4 is 12.9 Å². The van der Waals surface area contributed by atoms with Gasteiger partial charge in [0.1, 0.15) is 0 Å². The minimum atomic E-state index is -3.08. The second kappa shape index (κ2) is 6.06. The highest BCUT2D eigenvalue weighted by molar-refractivity contribution is 7.62. The third kappa shape index (κ3) is 3.45. The monoisotopic (exact) mass is 228 g/mol. The van der Waals surface area contributed by atoms with E-state index < -0.39 is 7.60 Å². The standard InChI is InChI=1S/C11H17O3P/c1-3-4-10-14-15(12,13-2)11-8-6-5-7-9-11/h5-9H,3-4,10H2,1-2H3. The molecule has 4 heteroatoms. The van der Waals surface area contributed by atoms with Crippen LogP contribution in [0.25, 0.3) is 0 Å². The van der Waals surface area contributed by atoms with Crippen molar-refractivity contribution in [2.75, 3.05) is 13.7 Å². The molecule has 0 bridgehead atoms. The molecule has 0 aliphatic rings. The first-order chi connectivity index (χ1) is 7.23. The second-order valence-corrected chi connectivity index (χ2v) is 5.34. The average molecular weight is 228 g/mol. The van der Waals surface area contributed by atoms with Gasteiger partial charge in [0.15, 0.2) is 0 Å². The molecule has 1 aromatic carbocycles. The highest BCUT2D eigenvalue weighted by Crippen LogP contribution is 2.45. The molecule has 0 radical (unpaired) electrons. The quantitative estimate of drug-likeness (QED) is 0.554. The molecule has 0 amide bonds. The fourth-order valence-electron chi connectivity index (χ4n) is 1.17. The molecule has 0 fully saturated rings. The topological polar surface area (TPSA) is 35.5 Å². The summed E-state index contributed by atoms with van der Waals surface area (Å²) in [7, 11) is -1.67. The molecule has 0 N–H and O–H groups in total. The van der Waals surface area contributed by atoms with E-state index in [1.807, 2.05) is 18.2 Å². The van der Waals surface area contributed by atoms with E-state index in [0.29, 0.717) is 11.9 Å². The van der Waals surface area contributed by atoms with Gasteiger partial charge in [-0.1, -0.05) is 31.5 Å². The van der Waals surface area contributed by atoms with Crippen molar-refractivity contribution in [1.29, 1.82) is 0 Å². The van der Waals surface area contributed by atoms with Crippen molar-refractivity contribution in [3.05, 3.63) is 30.3 Å². The lowest BCUT2D eigenvalue weighted by Gasteiger charge is -2.15. The Bertz CT molecular complexity index is 324. The van der Waals surface area contributed by atoms with Crippen LogP contribution < -0.4 is 5.30 Å². The van der Waals surface area contributed by atoms with E-state index >= 15 is 0 Å². The van der Waals surface area contributed by atoms with Crippen molar-refractivity contribution in [3.8, 4) is 0 Å². The Labute approximate surface area is 90.9 Å². The molecular weight excluding hydrogens is 211 g/mol. The first-order valence-corrected chi connectivity index (χ1v) is 6.63. The molecule has 1 unspecified atom stereocenters. The Morgan fingerprint density at radius 3 is 2.47 bits per heavy atom. The minimum Gasteiger partial charge on any atom is -0.309 e. The Kier molecular flexibility index (Phi) is 5.03. The molecule has 0 heterocycles. The molecular formula is C11H17O3P. The van der Waals surface area contributed by atoms with E-state index in [1.165, 1.54) is 7.11 Å². The summed E-state index contributed by atoms with van der Waals surface area (Å²) < 4.78 is 22.6. The van der Waals surface area contributed by atoms with E-state index in [2.05, 4.69) is 6.92 Å². The lowest BCUT2D eigenvalue weighted by molar-refractivity contribution is 0.240. The summed E-state index contributed by atoms with van der Waals surface area (Å²) in [6.45, 7) is 2.53. The SMILES string of the molecule is CCCCOP(=O)(OC)c1ccccc1. The third-order valence-electron chi connectivity index (χ3n) is 2.07. The van der Waals surface area contributed by atoms with Gasteiger partial charge in [0.05, 0.1) is 11.9 Å². The maximum atomic E-state index is 12.2. The van der Waals surface area contributed by atoms with Gasteiger partial charge < -0.3 is 9.05 Å². The van der Waals surface area contributed by atoms with Gasteiger partial charge in [-0.05, 0) is 18.6 Å². The molecule has 0 aliphatic carbocycles. The first kappa shape index (κ1) is 12.4. The molecule has 15 heavy (non-hydrogen) atoms. The van der Waals surface area contributed by atoms with Crippen LogP contribution in [0.5, 0.6) is 0 Å². The number of hydrogen-bond acceptors (Lipinski definition) is 3. The van der Waals surface area contributed by atoms with E-state index in [-0.39, 0.29) is 0 Å².